The van der Waals surface area contributed by atoms with Crippen molar-refractivity contribution in [2.75, 3.05) is 39.2 Å². The lowest BCUT2D eigenvalue weighted by Crippen LogP contribution is -2.49. The maximum Gasteiger partial charge on any atom is 0.237 e. The number of halogens is 1. The highest BCUT2D eigenvalue weighted by Crippen LogP contribution is 2.27. The van der Waals surface area contributed by atoms with E-state index in [4.69, 9.17) is 9.47 Å². The van der Waals surface area contributed by atoms with E-state index in [0.717, 1.165) is 44.9 Å². The average Bonchev–Trinajstić information content (AvgIpc) is 3.62. The van der Waals surface area contributed by atoms with E-state index in [9.17, 15) is 9.18 Å². The topological polar surface area (TPSA) is 84.8 Å². The van der Waals surface area contributed by atoms with Crippen LogP contribution in [0.4, 0.5) is 9.52 Å². The van der Waals surface area contributed by atoms with Gasteiger partial charge in [0.15, 0.2) is 5.13 Å². The second kappa shape index (κ2) is 12.5. The van der Waals surface area contributed by atoms with E-state index in [-0.39, 0.29) is 17.8 Å². The van der Waals surface area contributed by atoms with E-state index in [1.807, 2.05) is 35.5 Å². The molecule has 3 heterocycles. The van der Waals surface area contributed by atoms with E-state index in [1.54, 1.807) is 44.0 Å². The second-order valence-electron chi connectivity index (χ2n) is 9.71. The van der Waals surface area contributed by atoms with Crippen LogP contribution in [0.15, 0.2) is 61.2 Å². The fraction of sp³-hybridized carbons (Fsp3) is 0.345. The van der Waals surface area contributed by atoms with Gasteiger partial charge in [-0.15, -0.1) is 11.3 Å². The standard InChI is InChI=1S/C29H33FN6O3S/c1-20(21-4-7-23(30)8-5-21)36-19-31-14-24(36)16-34-10-11-35(28(37)18-34)17-26-15-33-29(40-26)32-13-22-6-9-25(38-2)12-27(22)39-3/h4-9,12,14-15,19-20H,10-11,13,16-18H2,1-3H3,(H,32,33). The van der Waals surface area contributed by atoms with Crippen molar-refractivity contribution in [1.29, 1.82) is 0 Å². The quantitative estimate of drug-likeness (QED) is 0.286. The number of nitrogens with one attached hydrogen (secondary N) is 1. The number of methoxy groups -OCH3 is 2. The number of nitrogens with zero attached hydrogens (tertiary/aromatic N) is 5. The van der Waals surface area contributed by atoms with E-state index in [2.05, 4.69) is 31.7 Å². The number of hydrogen-bond acceptors (Lipinski definition) is 8. The highest BCUT2D eigenvalue weighted by molar-refractivity contribution is 7.15. The van der Waals surface area contributed by atoms with Gasteiger partial charge in [-0.05, 0) is 36.8 Å². The number of hydrogen-bond donors (Lipinski definition) is 1. The first-order valence-corrected chi connectivity index (χ1v) is 13.9. The molecule has 1 saturated heterocycles. The number of aromatic nitrogens is 3. The van der Waals surface area contributed by atoms with E-state index < -0.39 is 0 Å². The molecule has 0 radical (unpaired) electrons. The monoisotopic (exact) mass is 564 g/mol. The van der Waals surface area contributed by atoms with Crippen LogP contribution in [0.25, 0.3) is 0 Å². The first-order valence-electron chi connectivity index (χ1n) is 13.1. The maximum atomic E-state index is 13.4. The third-order valence-electron chi connectivity index (χ3n) is 7.12. The Morgan fingerprint density at radius 3 is 2.65 bits per heavy atom. The van der Waals surface area contributed by atoms with Gasteiger partial charge in [0.25, 0.3) is 0 Å². The SMILES string of the molecule is COc1ccc(CNc2ncc(CN3CCN(Cc4cncn4C(C)c4ccc(F)cc4)CC3=O)s2)c(OC)c1. The molecule has 2 aromatic heterocycles. The summed E-state index contributed by atoms with van der Waals surface area (Å²) in [5.41, 5.74) is 3.02. The summed E-state index contributed by atoms with van der Waals surface area (Å²) >= 11 is 1.55. The Morgan fingerprint density at radius 2 is 1.90 bits per heavy atom. The Labute approximate surface area is 237 Å². The lowest BCUT2D eigenvalue weighted by molar-refractivity contribution is -0.136. The van der Waals surface area contributed by atoms with Crippen molar-refractivity contribution in [3.63, 3.8) is 0 Å². The van der Waals surface area contributed by atoms with Gasteiger partial charge in [-0.1, -0.05) is 12.1 Å². The summed E-state index contributed by atoms with van der Waals surface area (Å²) in [6.45, 7) is 5.54. The van der Waals surface area contributed by atoms with Crippen LogP contribution in [0.3, 0.4) is 0 Å². The molecular formula is C29H33FN6O3S. The largest absolute Gasteiger partial charge is 0.497 e. The van der Waals surface area contributed by atoms with Crippen LogP contribution in [0, 0.1) is 5.82 Å². The van der Waals surface area contributed by atoms with Crippen LogP contribution in [-0.2, 0) is 24.4 Å². The van der Waals surface area contributed by atoms with Crippen LogP contribution >= 0.6 is 11.3 Å². The van der Waals surface area contributed by atoms with Crippen LogP contribution in [0.1, 0.15) is 34.7 Å². The Kier molecular flexibility index (Phi) is 8.61. The van der Waals surface area contributed by atoms with Crippen molar-refractivity contribution < 1.29 is 18.7 Å². The summed E-state index contributed by atoms with van der Waals surface area (Å²) in [4.78, 5) is 26.9. The number of imidazole rings is 1. The minimum Gasteiger partial charge on any atom is -0.497 e. The number of amides is 1. The van der Waals surface area contributed by atoms with Crippen molar-refractivity contribution in [1.82, 2.24) is 24.3 Å². The summed E-state index contributed by atoms with van der Waals surface area (Å²) < 4.78 is 26.2. The Morgan fingerprint density at radius 1 is 1.07 bits per heavy atom. The Bertz CT molecular complexity index is 1440. The summed E-state index contributed by atoms with van der Waals surface area (Å²) in [5, 5.41) is 4.14. The molecule has 1 aliphatic heterocycles. The zero-order chi connectivity index (χ0) is 28.1. The molecule has 2 aromatic carbocycles. The number of piperazine rings is 1. The van der Waals surface area contributed by atoms with Gasteiger partial charge >= 0.3 is 0 Å². The van der Waals surface area contributed by atoms with Gasteiger partial charge in [0, 0.05) is 55.1 Å². The molecule has 1 atom stereocenters. The van der Waals surface area contributed by atoms with E-state index in [0.29, 0.717) is 32.7 Å². The molecule has 1 unspecified atom stereocenters. The molecule has 210 valence electrons. The first-order chi connectivity index (χ1) is 19.4. The second-order valence-corrected chi connectivity index (χ2v) is 10.8. The fourth-order valence-electron chi connectivity index (χ4n) is 4.81. The molecule has 40 heavy (non-hydrogen) atoms. The molecule has 0 saturated carbocycles. The van der Waals surface area contributed by atoms with Gasteiger partial charge in [0.05, 0.1) is 45.4 Å². The van der Waals surface area contributed by atoms with Crippen molar-refractivity contribution in [3.05, 3.63) is 88.7 Å². The summed E-state index contributed by atoms with van der Waals surface area (Å²) in [6.07, 6.45) is 5.46. The zero-order valence-electron chi connectivity index (χ0n) is 22.8. The van der Waals surface area contributed by atoms with Gasteiger partial charge in [0.2, 0.25) is 5.91 Å². The maximum absolute atomic E-state index is 13.4. The number of thiazole rings is 1. The summed E-state index contributed by atoms with van der Waals surface area (Å²) in [6, 6.07) is 12.3. The molecule has 9 nitrogen and oxygen atoms in total. The lowest BCUT2D eigenvalue weighted by atomic mass is 10.1. The first kappa shape index (κ1) is 27.6. The predicted molar refractivity (Wildman–Crippen MR) is 152 cm³/mol. The highest BCUT2D eigenvalue weighted by atomic mass is 32.1. The molecule has 0 bridgehead atoms. The molecule has 5 rings (SSSR count). The van der Waals surface area contributed by atoms with Crippen molar-refractivity contribution >= 4 is 22.4 Å². The van der Waals surface area contributed by atoms with Crippen LogP contribution in [0.5, 0.6) is 11.5 Å². The number of anilines is 1. The number of ether oxygens (including phenoxy) is 2. The molecule has 0 aliphatic carbocycles. The van der Waals surface area contributed by atoms with Gasteiger partial charge < -0.3 is 24.3 Å². The lowest BCUT2D eigenvalue weighted by Gasteiger charge is -2.34. The van der Waals surface area contributed by atoms with Crippen LogP contribution in [0.2, 0.25) is 0 Å². The van der Waals surface area contributed by atoms with E-state index in [1.165, 1.54) is 12.1 Å². The fourth-order valence-corrected chi connectivity index (χ4v) is 5.64. The van der Waals surface area contributed by atoms with Gasteiger partial charge in [-0.3, -0.25) is 9.69 Å². The third kappa shape index (κ3) is 6.43. The van der Waals surface area contributed by atoms with Gasteiger partial charge in [0.1, 0.15) is 17.3 Å². The summed E-state index contributed by atoms with van der Waals surface area (Å²) in [7, 11) is 3.27. The molecular weight excluding hydrogens is 531 g/mol. The summed E-state index contributed by atoms with van der Waals surface area (Å²) in [5.74, 6) is 1.33. The molecule has 4 aromatic rings. The van der Waals surface area contributed by atoms with Crippen molar-refractivity contribution in [2.24, 2.45) is 0 Å². The number of carbonyl (C=O) groups is 1. The highest BCUT2D eigenvalue weighted by Gasteiger charge is 2.26. The average molecular weight is 565 g/mol. The minimum absolute atomic E-state index is 0.00929. The third-order valence-corrected chi connectivity index (χ3v) is 8.06. The number of carbonyl (C=O) groups excluding carboxylic acids is 1. The molecule has 1 amide bonds. The van der Waals surface area contributed by atoms with Crippen LogP contribution < -0.4 is 14.8 Å². The molecule has 11 heteroatoms. The van der Waals surface area contributed by atoms with Gasteiger partial charge in [-0.25, -0.2) is 14.4 Å². The van der Waals surface area contributed by atoms with E-state index >= 15 is 0 Å². The molecule has 1 aliphatic rings. The van der Waals surface area contributed by atoms with Crippen molar-refractivity contribution in [3.8, 4) is 11.5 Å². The number of rotatable bonds is 11. The normalized spacial score (nSPS) is 14.8. The Hall–Kier alpha value is -3.96. The molecule has 1 fully saturated rings. The molecule has 1 N–H and O–H groups in total. The zero-order valence-corrected chi connectivity index (χ0v) is 23.7. The smallest absolute Gasteiger partial charge is 0.237 e. The van der Waals surface area contributed by atoms with Crippen molar-refractivity contribution in [2.45, 2.75) is 32.6 Å². The van der Waals surface area contributed by atoms with Gasteiger partial charge in [-0.2, -0.15) is 0 Å². The predicted octanol–water partition coefficient (Wildman–Crippen LogP) is 4.56. The Balaban J connectivity index is 1.13. The molecule has 0 spiro atoms. The number of benzene rings is 2. The van der Waals surface area contributed by atoms with Crippen LogP contribution in [-0.4, -0.2) is 64.1 Å². The minimum atomic E-state index is -0.252.